The average molecular weight is 286 g/mol. The molecule has 0 saturated carbocycles. The number of unbranched alkanes of at least 4 members (excludes halogenated alkanes) is 1. The number of halogens is 1. The summed E-state index contributed by atoms with van der Waals surface area (Å²) in [6.45, 7) is 4.77. The molecule has 0 aromatic heterocycles. The molecule has 0 N–H and O–H groups in total. The van der Waals surface area contributed by atoms with Crippen LogP contribution in [0.2, 0.25) is 0 Å². The number of hydrogen-bond donors (Lipinski definition) is 0. The van der Waals surface area contributed by atoms with Gasteiger partial charge in [0.05, 0.1) is 12.4 Å². The quantitative estimate of drug-likeness (QED) is 0.456. The number of alkyl halides is 1. The highest BCUT2D eigenvalue weighted by Crippen LogP contribution is 2.12. The van der Waals surface area contributed by atoms with Gasteiger partial charge < -0.3 is 4.74 Å². The summed E-state index contributed by atoms with van der Waals surface area (Å²) in [5.41, 5.74) is 0. The van der Waals surface area contributed by atoms with Crippen LogP contribution in [0.25, 0.3) is 0 Å². The second-order valence-corrected chi connectivity index (χ2v) is 6.49. The summed E-state index contributed by atoms with van der Waals surface area (Å²) in [6, 6.07) is 0.0196. The summed E-state index contributed by atoms with van der Waals surface area (Å²) in [4.78, 5) is 0. The predicted molar refractivity (Wildman–Crippen MR) is 72.1 cm³/mol. The van der Waals surface area contributed by atoms with Gasteiger partial charge in [0.2, 0.25) is 10.0 Å². The molecule has 1 unspecified atom stereocenters. The van der Waals surface area contributed by atoms with Gasteiger partial charge in [-0.25, -0.2) is 8.42 Å². The minimum Gasteiger partial charge on any atom is -0.383 e. The van der Waals surface area contributed by atoms with Gasteiger partial charge in [0.25, 0.3) is 0 Å². The molecule has 0 saturated heterocycles. The van der Waals surface area contributed by atoms with Gasteiger partial charge >= 0.3 is 0 Å². The highest BCUT2D eigenvalue weighted by Gasteiger charge is 2.25. The highest BCUT2D eigenvalue weighted by atomic mass is 35.5. The number of sulfonamides is 1. The third-order valence-electron chi connectivity index (χ3n) is 2.74. The average Bonchev–Trinajstić information content (AvgIpc) is 2.29. The first-order valence-corrected chi connectivity index (χ1v) is 8.18. The first-order chi connectivity index (χ1) is 7.99. The molecule has 0 aliphatic carbocycles. The molecule has 0 aliphatic heterocycles. The number of ether oxygens (including phenoxy) is 1. The summed E-state index contributed by atoms with van der Waals surface area (Å²) in [7, 11) is -1.61. The van der Waals surface area contributed by atoms with Crippen LogP contribution in [0.5, 0.6) is 0 Å². The minimum absolute atomic E-state index is 0.0196. The van der Waals surface area contributed by atoms with Crippen molar-refractivity contribution in [1.82, 2.24) is 4.31 Å². The molecule has 104 valence electrons. The van der Waals surface area contributed by atoms with E-state index in [1.165, 1.54) is 0 Å². The molecule has 17 heavy (non-hydrogen) atoms. The van der Waals surface area contributed by atoms with Crippen LogP contribution in [0, 0.1) is 0 Å². The molecule has 0 amide bonds. The Kier molecular flexibility index (Phi) is 9.22. The van der Waals surface area contributed by atoms with Gasteiger partial charge in [0.1, 0.15) is 0 Å². The lowest BCUT2D eigenvalue weighted by Crippen LogP contribution is -2.41. The topological polar surface area (TPSA) is 46.6 Å². The Balaban J connectivity index is 4.53. The molecule has 0 aliphatic rings. The molecule has 0 spiro atoms. The van der Waals surface area contributed by atoms with Gasteiger partial charge in [-0.1, -0.05) is 6.92 Å². The molecule has 0 aromatic carbocycles. The van der Waals surface area contributed by atoms with Crippen molar-refractivity contribution < 1.29 is 13.2 Å². The van der Waals surface area contributed by atoms with Crippen LogP contribution in [-0.4, -0.2) is 50.7 Å². The molecule has 1 atom stereocenters. The summed E-state index contributed by atoms with van der Waals surface area (Å²) in [5, 5.41) is 0. The molecule has 0 aromatic rings. The highest BCUT2D eigenvalue weighted by molar-refractivity contribution is 7.89. The fourth-order valence-corrected chi connectivity index (χ4v) is 3.56. The second-order valence-electron chi connectivity index (χ2n) is 4.07. The molecule has 0 fully saturated rings. The lowest BCUT2D eigenvalue weighted by molar-refractivity contribution is 0.167. The Labute approximate surface area is 110 Å². The van der Waals surface area contributed by atoms with Gasteiger partial charge in [-0.3, -0.25) is 0 Å². The smallest absolute Gasteiger partial charge is 0.214 e. The number of hydrogen-bond acceptors (Lipinski definition) is 3. The zero-order valence-electron chi connectivity index (χ0n) is 11.0. The van der Waals surface area contributed by atoms with Gasteiger partial charge in [-0.2, -0.15) is 4.31 Å². The zero-order valence-corrected chi connectivity index (χ0v) is 12.6. The van der Waals surface area contributed by atoms with Crippen molar-refractivity contribution in [2.24, 2.45) is 0 Å². The first-order valence-electron chi connectivity index (χ1n) is 6.04. The SMILES string of the molecule is CCC(C)N(CCOC)S(=O)(=O)CCCCCl. The van der Waals surface area contributed by atoms with E-state index in [4.69, 9.17) is 16.3 Å². The monoisotopic (exact) mass is 285 g/mol. The standard InChI is InChI=1S/C11H24ClNO3S/c1-4-11(2)13(8-9-16-3)17(14,15)10-6-5-7-12/h11H,4-10H2,1-3H3. The molecule has 0 bridgehead atoms. The van der Waals surface area contributed by atoms with E-state index >= 15 is 0 Å². The Morgan fingerprint density at radius 3 is 2.47 bits per heavy atom. The van der Waals surface area contributed by atoms with Crippen LogP contribution in [0.3, 0.4) is 0 Å². The summed E-state index contributed by atoms with van der Waals surface area (Å²) >= 11 is 5.55. The van der Waals surface area contributed by atoms with E-state index in [0.717, 1.165) is 12.8 Å². The molecule has 6 heteroatoms. The minimum atomic E-state index is -3.18. The maximum Gasteiger partial charge on any atom is 0.214 e. The molecular formula is C11H24ClNO3S. The third kappa shape index (κ3) is 6.60. The number of methoxy groups -OCH3 is 1. The van der Waals surface area contributed by atoms with E-state index in [9.17, 15) is 8.42 Å². The Morgan fingerprint density at radius 1 is 1.35 bits per heavy atom. The molecule has 4 nitrogen and oxygen atoms in total. The van der Waals surface area contributed by atoms with E-state index in [-0.39, 0.29) is 11.8 Å². The van der Waals surface area contributed by atoms with Crippen molar-refractivity contribution in [1.29, 1.82) is 0 Å². The largest absolute Gasteiger partial charge is 0.383 e. The van der Waals surface area contributed by atoms with Crippen molar-refractivity contribution >= 4 is 21.6 Å². The fraction of sp³-hybridized carbons (Fsp3) is 1.00. The van der Waals surface area contributed by atoms with E-state index in [2.05, 4.69) is 0 Å². The van der Waals surface area contributed by atoms with Crippen molar-refractivity contribution in [2.75, 3.05) is 31.9 Å². The predicted octanol–water partition coefficient (Wildman–Crippen LogP) is 2.08. The van der Waals surface area contributed by atoms with Crippen LogP contribution >= 0.6 is 11.6 Å². The third-order valence-corrected chi connectivity index (χ3v) is 5.07. The van der Waals surface area contributed by atoms with Crippen molar-refractivity contribution in [3.63, 3.8) is 0 Å². The number of rotatable bonds is 10. The lowest BCUT2D eigenvalue weighted by Gasteiger charge is -2.27. The molecule has 0 heterocycles. The maximum atomic E-state index is 12.1. The van der Waals surface area contributed by atoms with E-state index in [0.29, 0.717) is 25.5 Å². The van der Waals surface area contributed by atoms with Crippen LogP contribution in [-0.2, 0) is 14.8 Å². The van der Waals surface area contributed by atoms with Gasteiger partial charge in [0, 0.05) is 25.6 Å². The van der Waals surface area contributed by atoms with E-state index in [1.54, 1.807) is 11.4 Å². The van der Waals surface area contributed by atoms with Crippen LogP contribution in [0.15, 0.2) is 0 Å². The van der Waals surface area contributed by atoms with Crippen molar-refractivity contribution in [2.45, 2.75) is 39.2 Å². The van der Waals surface area contributed by atoms with Crippen LogP contribution < -0.4 is 0 Å². The lowest BCUT2D eigenvalue weighted by atomic mass is 10.3. The van der Waals surface area contributed by atoms with E-state index < -0.39 is 10.0 Å². The Bertz CT molecular complexity index is 282. The van der Waals surface area contributed by atoms with E-state index in [1.807, 2.05) is 13.8 Å². The van der Waals surface area contributed by atoms with Crippen LogP contribution in [0.4, 0.5) is 0 Å². The fourth-order valence-electron chi connectivity index (χ4n) is 1.51. The normalized spacial score (nSPS) is 14.2. The summed E-state index contributed by atoms with van der Waals surface area (Å²) < 4.78 is 30.8. The Morgan fingerprint density at radius 2 is 2.00 bits per heavy atom. The van der Waals surface area contributed by atoms with Gasteiger partial charge in [0.15, 0.2) is 0 Å². The summed E-state index contributed by atoms with van der Waals surface area (Å²) in [6.07, 6.45) is 2.16. The van der Waals surface area contributed by atoms with Gasteiger partial charge in [-0.15, -0.1) is 11.6 Å². The zero-order chi connectivity index (χ0) is 13.3. The number of nitrogens with zero attached hydrogens (tertiary/aromatic N) is 1. The van der Waals surface area contributed by atoms with Crippen LogP contribution in [0.1, 0.15) is 33.1 Å². The molecule has 0 radical (unpaired) electrons. The van der Waals surface area contributed by atoms with Gasteiger partial charge in [-0.05, 0) is 26.2 Å². The maximum absolute atomic E-state index is 12.1. The molecule has 0 rings (SSSR count). The molecular weight excluding hydrogens is 262 g/mol. The Hall–Kier alpha value is 0.160. The first kappa shape index (κ1) is 17.2. The summed E-state index contributed by atoms with van der Waals surface area (Å²) in [5.74, 6) is 0.685. The second kappa shape index (κ2) is 9.14. The van der Waals surface area contributed by atoms with Crippen molar-refractivity contribution in [3.05, 3.63) is 0 Å². The van der Waals surface area contributed by atoms with Crippen molar-refractivity contribution in [3.8, 4) is 0 Å².